The van der Waals surface area contributed by atoms with E-state index in [-0.39, 0.29) is 23.5 Å². The zero-order valence-electron chi connectivity index (χ0n) is 10.1. The fourth-order valence-electron chi connectivity index (χ4n) is 2.05. The topological polar surface area (TPSA) is 58.6 Å². The van der Waals surface area contributed by atoms with Gasteiger partial charge in [0, 0.05) is 6.54 Å². The lowest BCUT2D eigenvalue weighted by Crippen LogP contribution is -2.20. The standard InChI is InChI=1S/C13H16FNO3/c1-8-2-4-10(18-8)7-15-12-6-9(13(16)17)3-5-11(12)14/h3,5-6,8,10,15H,2,4,7H2,1H3,(H,16,17). The molecule has 1 heterocycles. The first-order valence-electron chi connectivity index (χ1n) is 5.98. The van der Waals surface area contributed by atoms with E-state index < -0.39 is 11.8 Å². The quantitative estimate of drug-likeness (QED) is 0.865. The Labute approximate surface area is 105 Å². The second-order valence-electron chi connectivity index (χ2n) is 4.53. The van der Waals surface area contributed by atoms with Crippen molar-refractivity contribution in [2.24, 2.45) is 0 Å². The normalized spacial score (nSPS) is 23.0. The Morgan fingerprint density at radius 1 is 1.56 bits per heavy atom. The molecule has 4 nitrogen and oxygen atoms in total. The molecule has 2 atom stereocenters. The van der Waals surface area contributed by atoms with Crippen LogP contribution in [0.2, 0.25) is 0 Å². The summed E-state index contributed by atoms with van der Waals surface area (Å²) in [5.74, 6) is -1.52. The summed E-state index contributed by atoms with van der Waals surface area (Å²) in [4.78, 5) is 10.8. The SMILES string of the molecule is CC1CCC(CNc2cc(C(=O)O)ccc2F)O1. The molecule has 1 aromatic rings. The van der Waals surface area contributed by atoms with Gasteiger partial charge in [0.25, 0.3) is 0 Å². The molecule has 0 spiro atoms. The third-order valence-electron chi connectivity index (χ3n) is 3.05. The summed E-state index contributed by atoms with van der Waals surface area (Å²) >= 11 is 0. The molecule has 18 heavy (non-hydrogen) atoms. The number of benzene rings is 1. The lowest BCUT2D eigenvalue weighted by atomic mass is 10.1. The molecule has 98 valence electrons. The average molecular weight is 253 g/mol. The van der Waals surface area contributed by atoms with E-state index in [1.54, 1.807) is 0 Å². The maximum absolute atomic E-state index is 13.5. The number of halogens is 1. The molecule has 2 N–H and O–H groups in total. The van der Waals surface area contributed by atoms with Gasteiger partial charge in [-0.15, -0.1) is 0 Å². The van der Waals surface area contributed by atoms with Gasteiger partial charge in [0.1, 0.15) is 5.82 Å². The number of aromatic carboxylic acids is 1. The van der Waals surface area contributed by atoms with E-state index in [4.69, 9.17) is 9.84 Å². The Bertz CT molecular complexity index is 450. The molecule has 2 unspecified atom stereocenters. The van der Waals surface area contributed by atoms with Crippen molar-refractivity contribution in [1.29, 1.82) is 0 Å². The van der Waals surface area contributed by atoms with Crippen molar-refractivity contribution in [2.75, 3.05) is 11.9 Å². The summed E-state index contributed by atoms with van der Waals surface area (Å²) in [5, 5.41) is 11.7. The van der Waals surface area contributed by atoms with Crippen LogP contribution in [0.5, 0.6) is 0 Å². The van der Waals surface area contributed by atoms with Crippen molar-refractivity contribution >= 4 is 11.7 Å². The van der Waals surface area contributed by atoms with Gasteiger partial charge in [0.2, 0.25) is 0 Å². The van der Waals surface area contributed by atoms with Crippen LogP contribution in [0.4, 0.5) is 10.1 Å². The Morgan fingerprint density at radius 3 is 2.94 bits per heavy atom. The van der Waals surface area contributed by atoms with Crippen molar-refractivity contribution < 1.29 is 19.0 Å². The second-order valence-corrected chi connectivity index (χ2v) is 4.53. The minimum atomic E-state index is -1.07. The van der Waals surface area contributed by atoms with Gasteiger partial charge in [-0.05, 0) is 38.0 Å². The van der Waals surface area contributed by atoms with Crippen LogP contribution in [0.15, 0.2) is 18.2 Å². The molecule has 1 saturated heterocycles. The van der Waals surface area contributed by atoms with E-state index in [0.29, 0.717) is 6.54 Å². The first-order valence-corrected chi connectivity index (χ1v) is 5.98. The van der Waals surface area contributed by atoms with Gasteiger partial charge in [0.05, 0.1) is 23.5 Å². The highest BCUT2D eigenvalue weighted by Crippen LogP contribution is 2.21. The van der Waals surface area contributed by atoms with Crippen molar-refractivity contribution in [3.05, 3.63) is 29.6 Å². The summed E-state index contributed by atoms with van der Waals surface area (Å²) in [6, 6.07) is 3.71. The Balaban J connectivity index is 2.00. The van der Waals surface area contributed by atoms with Crippen molar-refractivity contribution in [2.45, 2.75) is 32.0 Å². The number of anilines is 1. The maximum atomic E-state index is 13.5. The van der Waals surface area contributed by atoms with Crippen LogP contribution in [-0.2, 0) is 4.74 Å². The van der Waals surface area contributed by atoms with Gasteiger partial charge in [-0.3, -0.25) is 0 Å². The second kappa shape index (κ2) is 5.35. The molecule has 1 aromatic carbocycles. The molecule has 5 heteroatoms. The molecule has 0 aromatic heterocycles. The number of carboxylic acid groups (broad SMARTS) is 1. The highest BCUT2D eigenvalue weighted by atomic mass is 19.1. The lowest BCUT2D eigenvalue weighted by Gasteiger charge is -2.14. The minimum Gasteiger partial charge on any atom is -0.478 e. The van der Waals surface area contributed by atoms with E-state index in [2.05, 4.69) is 5.32 Å². The zero-order valence-corrected chi connectivity index (χ0v) is 10.1. The molecule has 2 rings (SSSR count). The van der Waals surface area contributed by atoms with Crippen LogP contribution in [-0.4, -0.2) is 29.8 Å². The summed E-state index contributed by atoms with van der Waals surface area (Å²) in [6.07, 6.45) is 2.25. The van der Waals surface area contributed by atoms with Crippen LogP contribution < -0.4 is 5.32 Å². The number of hydrogen-bond donors (Lipinski definition) is 2. The lowest BCUT2D eigenvalue weighted by molar-refractivity contribution is 0.0636. The molecule has 0 radical (unpaired) electrons. The molecular weight excluding hydrogens is 237 g/mol. The van der Waals surface area contributed by atoms with E-state index in [9.17, 15) is 9.18 Å². The van der Waals surface area contributed by atoms with Gasteiger partial charge in [-0.25, -0.2) is 9.18 Å². The van der Waals surface area contributed by atoms with Crippen LogP contribution >= 0.6 is 0 Å². The fourth-order valence-corrected chi connectivity index (χ4v) is 2.05. The van der Waals surface area contributed by atoms with E-state index in [1.165, 1.54) is 12.1 Å². The van der Waals surface area contributed by atoms with Gasteiger partial charge < -0.3 is 15.2 Å². The number of carbonyl (C=O) groups is 1. The zero-order chi connectivity index (χ0) is 13.1. The van der Waals surface area contributed by atoms with Gasteiger partial charge in [0.15, 0.2) is 0 Å². The number of rotatable bonds is 4. The van der Waals surface area contributed by atoms with Crippen molar-refractivity contribution in [1.82, 2.24) is 0 Å². The summed E-state index contributed by atoms with van der Waals surface area (Å²) in [5.41, 5.74) is 0.276. The predicted octanol–water partition coefficient (Wildman–Crippen LogP) is 2.50. The molecule has 1 aliphatic heterocycles. The molecule has 0 saturated carbocycles. The Kier molecular flexibility index (Phi) is 3.81. The Hall–Kier alpha value is -1.62. The smallest absolute Gasteiger partial charge is 0.335 e. The molecule has 1 fully saturated rings. The monoisotopic (exact) mass is 253 g/mol. The van der Waals surface area contributed by atoms with Crippen LogP contribution in [0, 0.1) is 5.82 Å². The number of ether oxygens (including phenoxy) is 1. The summed E-state index contributed by atoms with van der Waals surface area (Å²) < 4.78 is 19.1. The molecule has 0 aliphatic carbocycles. The van der Waals surface area contributed by atoms with E-state index in [1.807, 2.05) is 6.92 Å². The van der Waals surface area contributed by atoms with Crippen molar-refractivity contribution in [3.8, 4) is 0 Å². The maximum Gasteiger partial charge on any atom is 0.335 e. The molecule has 1 aliphatic rings. The largest absolute Gasteiger partial charge is 0.478 e. The third kappa shape index (κ3) is 2.98. The predicted molar refractivity (Wildman–Crippen MR) is 65.4 cm³/mol. The van der Waals surface area contributed by atoms with Gasteiger partial charge in [-0.2, -0.15) is 0 Å². The van der Waals surface area contributed by atoms with Crippen LogP contribution in [0.25, 0.3) is 0 Å². The minimum absolute atomic E-state index is 0.0629. The molecule has 0 amide bonds. The highest BCUT2D eigenvalue weighted by Gasteiger charge is 2.21. The van der Waals surface area contributed by atoms with Crippen LogP contribution in [0.3, 0.4) is 0 Å². The van der Waals surface area contributed by atoms with E-state index in [0.717, 1.165) is 18.9 Å². The summed E-state index contributed by atoms with van der Waals surface area (Å²) in [7, 11) is 0. The number of hydrogen-bond acceptors (Lipinski definition) is 3. The first kappa shape index (κ1) is 12.8. The van der Waals surface area contributed by atoms with Crippen molar-refractivity contribution in [3.63, 3.8) is 0 Å². The van der Waals surface area contributed by atoms with Gasteiger partial charge in [-0.1, -0.05) is 0 Å². The summed E-state index contributed by atoms with van der Waals surface area (Å²) in [6.45, 7) is 2.50. The average Bonchev–Trinajstić information content (AvgIpc) is 2.74. The third-order valence-corrected chi connectivity index (χ3v) is 3.05. The fraction of sp³-hybridized carbons (Fsp3) is 0.462. The Morgan fingerprint density at radius 2 is 2.33 bits per heavy atom. The van der Waals surface area contributed by atoms with E-state index >= 15 is 0 Å². The highest BCUT2D eigenvalue weighted by molar-refractivity contribution is 5.88. The first-order chi connectivity index (χ1) is 8.56. The molecular formula is C13H16FNO3. The van der Waals surface area contributed by atoms with Gasteiger partial charge >= 0.3 is 5.97 Å². The van der Waals surface area contributed by atoms with Crippen LogP contribution in [0.1, 0.15) is 30.1 Å². The number of carboxylic acids is 1. The molecule has 0 bridgehead atoms. The number of nitrogens with one attached hydrogen (secondary N) is 1.